The van der Waals surface area contributed by atoms with Crippen LogP contribution >= 0.6 is 11.6 Å². The predicted molar refractivity (Wildman–Crippen MR) is 71.6 cm³/mol. The van der Waals surface area contributed by atoms with Crippen molar-refractivity contribution in [3.05, 3.63) is 58.9 Å². The Bertz CT molecular complexity index is 542. The third-order valence-corrected chi connectivity index (χ3v) is 2.94. The minimum absolute atomic E-state index is 0.0519. The summed E-state index contributed by atoms with van der Waals surface area (Å²) in [5, 5.41) is 13.6. The Morgan fingerprint density at radius 1 is 1.17 bits per heavy atom. The Kier molecular flexibility index (Phi) is 3.72. The molecule has 2 N–H and O–H groups in total. The van der Waals surface area contributed by atoms with Crippen LogP contribution in [0.4, 0.5) is 10.1 Å². The van der Waals surface area contributed by atoms with Crippen molar-refractivity contribution in [3.8, 4) is 5.75 Å². The zero-order valence-electron chi connectivity index (χ0n) is 9.82. The van der Waals surface area contributed by atoms with Gasteiger partial charge >= 0.3 is 0 Å². The van der Waals surface area contributed by atoms with Crippen LogP contribution in [0.3, 0.4) is 0 Å². The van der Waals surface area contributed by atoms with Gasteiger partial charge in [-0.25, -0.2) is 4.39 Å². The van der Waals surface area contributed by atoms with Gasteiger partial charge in [0.1, 0.15) is 11.6 Å². The summed E-state index contributed by atoms with van der Waals surface area (Å²) in [5.41, 5.74) is 1.53. The van der Waals surface area contributed by atoms with Crippen molar-refractivity contribution < 1.29 is 9.50 Å². The predicted octanol–water partition coefficient (Wildman–Crippen LogP) is 4.36. The number of aromatic hydroxyl groups is 1. The summed E-state index contributed by atoms with van der Waals surface area (Å²) < 4.78 is 12.9. The van der Waals surface area contributed by atoms with E-state index in [0.29, 0.717) is 10.6 Å². The highest BCUT2D eigenvalue weighted by molar-refractivity contribution is 6.30. The van der Waals surface area contributed by atoms with Crippen molar-refractivity contribution in [1.29, 1.82) is 0 Å². The van der Waals surface area contributed by atoms with E-state index in [-0.39, 0.29) is 11.8 Å². The number of halogens is 2. The van der Waals surface area contributed by atoms with E-state index < -0.39 is 5.82 Å². The summed E-state index contributed by atoms with van der Waals surface area (Å²) in [6, 6.07) is 11.1. The highest BCUT2D eigenvalue weighted by Crippen LogP contribution is 2.27. The summed E-state index contributed by atoms with van der Waals surface area (Å²) in [6.07, 6.45) is 0. The summed E-state index contributed by atoms with van der Waals surface area (Å²) >= 11 is 5.80. The second kappa shape index (κ2) is 5.27. The fraction of sp³-hybridized carbons (Fsp3) is 0.143. The molecule has 0 radical (unpaired) electrons. The molecule has 0 heterocycles. The quantitative estimate of drug-likeness (QED) is 0.864. The van der Waals surface area contributed by atoms with Gasteiger partial charge in [-0.1, -0.05) is 17.7 Å². The Hall–Kier alpha value is -1.74. The van der Waals surface area contributed by atoms with E-state index >= 15 is 0 Å². The average Bonchev–Trinajstić information content (AvgIpc) is 2.32. The van der Waals surface area contributed by atoms with Gasteiger partial charge in [0.2, 0.25) is 0 Å². The van der Waals surface area contributed by atoms with Crippen LogP contribution in [0.2, 0.25) is 5.02 Å². The first kappa shape index (κ1) is 12.7. The fourth-order valence-electron chi connectivity index (χ4n) is 1.76. The van der Waals surface area contributed by atoms with Gasteiger partial charge in [-0.2, -0.15) is 0 Å². The number of hydrogen-bond acceptors (Lipinski definition) is 2. The van der Waals surface area contributed by atoms with Crippen molar-refractivity contribution in [1.82, 2.24) is 0 Å². The molecular weight excluding hydrogens is 253 g/mol. The van der Waals surface area contributed by atoms with E-state index in [1.807, 2.05) is 19.1 Å². The summed E-state index contributed by atoms with van der Waals surface area (Å²) in [4.78, 5) is 0. The molecule has 0 bridgehead atoms. The maximum Gasteiger partial charge on any atom is 0.126 e. The minimum Gasteiger partial charge on any atom is -0.507 e. The monoisotopic (exact) mass is 265 g/mol. The van der Waals surface area contributed by atoms with Crippen LogP contribution in [0.15, 0.2) is 42.5 Å². The normalized spacial score (nSPS) is 12.2. The molecule has 0 aromatic heterocycles. The lowest BCUT2D eigenvalue weighted by molar-refractivity contribution is 0.459. The number of phenols is 1. The van der Waals surface area contributed by atoms with Crippen molar-refractivity contribution in [3.63, 3.8) is 0 Å². The largest absolute Gasteiger partial charge is 0.507 e. The maximum absolute atomic E-state index is 12.9. The molecule has 0 saturated carbocycles. The molecule has 0 amide bonds. The van der Waals surface area contributed by atoms with Gasteiger partial charge in [0.25, 0.3) is 0 Å². The number of anilines is 1. The van der Waals surface area contributed by atoms with Gasteiger partial charge in [-0.3, -0.25) is 0 Å². The second-order valence-electron chi connectivity index (χ2n) is 4.08. The van der Waals surface area contributed by atoms with E-state index in [9.17, 15) is 9.50 Å². The molecule has 1 unspecified atom stereocenters. The summed E-state index contributed by atoms with van der Waals surface area (Å²) in [5.74, 6) is -0.501. The summed E-state index contributed by atoms with van der Waals surface area (Å²) in [6.45, 7) is 1.89. The van der Waals surface area contributed by atoms with Gasteiger partial charge in [-0.05, 0) is 37.3 Å². The SMILES string of the molecule is CC(Nc1ccc(Cl)cc1)c1ccc(F)cc1O. The molecule has 2 rings (SSSR count). The zero-order valence-corrected chi connectivity index (χ0v) is 10.6. The van der Waals surface area contributed by atoms with E-state index in [0.717, 1.165) is 11.8 Å². The molecule has 0 saturated heterocycles. The van der Waals surface area contributed by atoms with Crippen LogP contribution in [0.5, 0.6) is 5.75 Å². The molecule has 0 fully saturated rings. The molecule has 94 valence electrons. The smallest absolute Gasteiger partial charge is 0.126 e. The van der Waals surface area contributed by atoms with Crippen molar-refractivity contribution in [2.75, 3.05) is 5.32 Å². The number of hydrogen-bond donors (Lipinski definition) is 2. The molecule has 4 heteroatoms. The van der Waals surface area contributed by atoms with Crippen LogP contribution in [0, 0.1) is 5.82 Å². The zero-order chi connectivity index (χ0) is 13.1. The first-order valence-electron chi connectivity index (χ1n) is 5.57. The number of phenolic OH excluding ortho intramolecular Hbond substituents is 1. The van der Waals surface area contributed by atoms with E-state index in [1.165, 1.54) is 6.07 Å². The minimum atomic E-state index is -0.449. The molecule has 0 spiro atoms. The van der Waals surface area contributed by atoms with E-state index in [2.05, 4.69) is 5.32 Å². The van der Waals surface area contributed by atoms with Gasteiger partial charge in [0, 0.05) is 22.3 Å². The lowest BCUT2D eigenvalue weighted by Gasteiger charge is -2.17. The van der Waals surface area contributed by atoms with E-state index in [4.69, 9.17) is 11.6 Å². The molecule has 0 aliphatic carbocycles. The molecule has 0 aliphatic rings. The van der Waals surface area contributed by atoms with Gasteiger partial charge in [0.05, 0.1) is 6.04 Å². The topological polar surface area (TPSA) is 32.3 Å². The third-order valence-electron chi connectivity index (χ3n) is 2.69. The van der Waals surface area contributed by atoms with Crippen molar-refractivity contribution in [2.24, 2.45) is 0 Å². The van der Waals surface area contributed by atoms with Gasteiger partial charge in [-0.15, -0.1) is 0 Å². The van der Waals surface area contributed by atoms with E-state index in [1.54, 1.807) is 18.2 Å². The average molecular weight is 266 g/mol. The Balaban J connectivity index is 2.16. The Labute approximate surface area is 110 Å². The third kappa shape index (κ3) is 2.93. The van der Waals surface area contributed by atoms with Crippen LogP contribution in [0.1, 0.15) is 18.5 Å². The van der Waals surface area contributed by atoms with Crippen LogP contribution in [0.25, 0.3) is 0 Å². The Morgan fingerprint density at radius 3 is 2.44 bits per heavy atom. The highest BCUT2D eigenvalue weighted by Gasteiger charge is 2.10. The first-order valence-corrected chi connectivity index (χ1v) is 5.94. The second-order valence-corrected chi connectivity index (χ2v) is 4.51. The molecule has 18 heavy (non-hydrogen) atoms. The number of benzene rings is 2. The van der Waals surface area contributed by atoms with Gasteiger partial charge in [0.15, 0.2) is 0 Å². The van der Waals surface area contributed by atoms with Crippen molar-refractivity contribution in [2.45, 2.75) is 13.0 Å². The standard InChI is InChI=1S/C14H13ClFNO/c1-9(13-7-4-11(16)8-14(13)18)17-12-5-2-10(15)3-6-12/h2-9,17-18H,1H3. The first-order chi connectivity index (χ1) is 8.56. The number of rotatable bonds is 3. The maximum atomic E-state index is 12.9. The molecule has 2 nitrogen and oxygen atoms in total. The van der Waals surface area contributed by atoms with Crippen molar-refractivity contribution >= 4 is 17.3 Å². The summed E-state index contributed by atoms with van der Waals surface area (Å²) in [7, 11) is 0. The molecule has 1 atom stereocenters. The van der Waals surface area contributed by atoms with Crippen LogP contribution in [-0.2, 0) is 0 Å². The lowest BCUT2D eigenvalue weighted by atomic mass is 10.1. The van der Waals surface area contributed by atoms with Crippen LogP contribution < -0.4 is 5.32 Å². The Morgan fingerprint density at radius 2 is 1.83 bits per heavy atom. The van der Waals surface area contributed by atoms with Gasteiger partial charge < -0.3 is 10.4 Å². The highest BCUT2D eigenvalue weighted by atomic mass is 35.5. The molecule has 2 aromatic carbocycles. The fourth-order valence-corrected chi connectivity index (χ4v) is 1.88. The number of nitrogens with one attached hydrogen (secondary N) is 1. The molecule has 2 aromatic rings. The lowest BCUT2D eigenvalue weighted by Crippen LogP contribution is -2.06. The molecule has 0 aliphatic heterocycles. The molecular formula is C14H13ClFNO. The van der Waals surface area contributed by atoms with Crippen LogP contribution in [-0.4, -0.2) is 5.11 Å².